The molecule has 0 bridgehead atoms. The number of hydrazine groups is 1. The molecule has 7 nitrogen and oxygen atoms in total. The van der Waals surface area contributed by atoms with Gasteiger partial charge in [-0.25, -0.2) is 5.01 Å². The van der Waals surface area contributed by atoms with E-state index in [4.69, 9.17) is 0 Å². The lowest BCUT2D eigenvalue weighted by atomic mass is 10.1. The third-order valence-electron chi connectivity index (χ3n) is 3.43. The van der Waals surface area contributed by atoms with Gasteiger partial charge in [0, 0.05) is 23.3 Å². The predicted molar refractivity (Wildman–Crippen MR) is 92.9 cm³/mol. The van der Waals surface area contributed by atoms with Crippen LogP contribution < -0.4 is 5.43 Å². The van der Waals surface area contributed by atoms with Crippen LogP contribution >= 0.6 is 0 Å². The minimum Gasteiger partial charge on any atom is -0.267 e. The van der Waals surface area contributed by atoms with Crippen LogP contribution in [-0.4, -0.2) is 27.3 Å². The van der Waals surface area contributed by atoms with Crippen molar-refractivity contribution in [3.8, 4) is 0 Å². The van der Waals surface area contributed by atoms with Crippen LogP contribution in [0.4, 0.5) is 5.69 Å². The van der Waals surface area contributed by atoms with Gasteiger partial charge in [-0.2, -0.15) is 0 Å². The molecule has 0 aliphatic heterocycles. The van der Waals surface area contributed by atoms with E-state index in [2.05, 4.69) is 5.43 Å². The lowest BCUT2D eigenvalue weighted by molar-refractivity contribution is -0.384. The van der Waals surface area contributed by atoms with Crippen molar-refractivity contribution >= 4 is 17.5 Å². The second-order valence-electron chi connectivity index (χ2n) is 6.43. The number of rotatable bonds is 3. The van der Waals surface area contributed by atoms with Crippen molar-refractivity contribution in [2.24, 2.45) is 0 Å². The smallest absolute Gasteiger partial charge is 0.267 e. The van der Waals surface area contributed by atoms with E-state index in [1.807, 2.05) is 0 Å². The summed E-state index contributed by atoms with van der Waals surface area (Å²) in [5, 5.41) is 12.1. The van der Waals surface area contributed by atoms with Gasteiger partial charge in [-0.15, -0.1) is 0 Å². The fourth-order valence-electron chi connectivity index (χ4n) is 2.16. The zero-order valence-electron chi connectivity index (χ0n) is 14.2. The van der Waals surface area contributed by atoms with Crippen LogP contribution in [0.25, 0.3) is 0 Å². The summed E-state index contributed by atoms with van der Waals surface area (Å²) in [4.78, 5) is 35.5. The van der Waals surface area contributed by atoms with E-state index in [0.717, 1.165) is 0 Å². The van der Waals surface area contributed by atoms with Crippen LogP contribution in [0.15, 0.2) is 54.6 Å². The van der Waals surface area contributed by atoms with Crippen LogP contribution in [0.2, 0.25) is 0 Å². The molecule has 0 aliphatic rings. The van der Waals surface area contributed by atoms with E-state index >= 15 is 0 Å². The second-order valence-corrected chi connectivity index (χ2v) is 6.43. The molecule has 0 saturated heterocycles. The van der Waals surface area contributed by atoms with Gasteiger partial charge < -0.3 is 0 Å². The van der Waals surface area contributed by atoms with Gasteiger partial charge in [0.1, 0.15) is 0 Å². The number of nitro groups is 1. The van der Waals surface area contributed by atoms with Crippen molar-refractivity contribution in [2.75, 3.05) is 0 Å². The number of nitrogens with one attached hydrogen (secondary N) is 1. The summed E-state index contributed by atoms with van der Waals surface area (Å²) < 4.78 is 0. The Kier molecular flexibility index (Phi) is 5.17. The average Bonchev–Trinajstić information content (AvgIpc) is 2.58. The van der Waals surface area contributed by atoms with Crippen LogP contribution in [0.5, 0.6) is 0 Å². The maximum Gasteiger partial charge on any atom is 0.272 e. The van der Waals surface area contributed by atoms with Crippen molar-refractivity contribution in [2.45, 2.75) is 26.3 Å². The molecule has 0 aromatic heterocycles. The van der Waals surface area contributed by atoms with Gasteiger partial charge >= 0.3 is 0 Å². The SMILES string of the molecule is CC(C)(C)N(NC(=O)c1cccc([N+](=O)[O-])c1)C(=O)c1ccccc1. The molecule has 0 radical (unpaired) electrons. The van der Waals surface area contributed by atoms with Gasteiger partial charge in [-0.3, -0.25) is 25.1 Å². The summed E-state index contributed by atoms with van der Waals surface area (Å²) in [5.74, 6) is -0.963. The monoisotopic (exact) mass is 341 g/mol. The van der Waals surface area contributed by atoms with Gasteiger partial charge in [0.15, 0.2) is 0 Å². The van der Waals surface area contributed by atoms with Crippen molar-refractivity contribution < 1.29 is 14.5 Å². The van der Waals surface area contributed by atoms with Crippen LogP contribution in [-0.2, 0) is 0 Å². The number of nitro benzene ring substituents is 1. The van der Waals surface area contributed by atoms with Crippen LogP contribution in [0.1, 0.15) is 41.5 Å². The Morgan fingerprint density at radius 3 is 2.16 bits per heavy atom. The first kappa shape index (κ1) is 18.1. The first-order valence-electron chi connectivity index (χ1n) is 7.65. The molecule has 0 saturated carbocycles. The molecule has 2 rings (SSSR count). The number of non-ortho nitro benzene ring substituents is 1. The Balaban J connectivity index is 2.29. The van der Waals surface area contributed by atoms with Gasteiger partial charge in [-0.1, -0.05) is 24.3 Å². The molecule has 0 unspecified atom stereocenters. The number of amides is 2. The summed E-state index contributed by atoms with van der Waals surface area (Å²) in [5.41, 5.74) is 2.21. The average molecular weight is 341 g/mol. The Morgan fingerprint density at radius 1 is 1.00 bits per heavy atom. The number of benzene rings is 2. The highest BCUT2D eigenvalue weighted by molar-refractivity contribution is 5.99. The molecule has 0 fully saturated rings. The van der Waals surface area contributed by atoms with Crippen molar-refractivity contribution in [3.63, 3.8) is 0 Å². The summed E-state index contributed by atoms with van der Waals surface area (Å²) in [6.45, 7) is 5.34. The zero-order valence-corrected chi connectivity index (χ0v) is 14.2. The number of hydrogen-bond acceptors (Lipinski definition) is 4. The molecule has 2 amide bonds. The molecule has 7 heteroatoms. The number of carbonyl (C=O) groups is 2. The fourth-order valence-corrected chi connectivity index (χ4v) is 2.16. The topological polar surface area (TPSA) is 92.6 Å². The molecule has 0 heterocycles. The van der Waals surface area contributed by atoms with E-state index < -0.39 is 16.4 Å². The maximum atomic E-state index is 12.7. The van der Waals surface area contributed by atoms with Gasteiger partial charge in [0.2, 0.25) is 0 Å². The van der Waals surface area contributed by atoms with Crippen molar-refractivity contribution in [1.29, 1.82) is 0 Å². The molecule has 0 aliphatic carbocycles. The third-order valence-corrected chi connectivity index (χ3v) is 3.43. The van der Waals surface area contributed by atoms with Gasteiger partial charge in [-0.05, 0) is 39.0 Å². The molecule has 0 spiro atoms. The molecule has 0 atom stereocenters. The largest absolute Gasteiger partial charge is 0.272 e. The summed E-state index contributed by atoms with van der Waals surface area (Å²) in [6.07, 6.45) is 0. The maximum absolute atomic E-state index is 12.7. The quantitative estimate of drug-likeness (QED) is 0.685. The summed E-state index contributed by atoms with van der Waals surface area (Å²) in [6, 6.07) is 13.9. The molecule has 1 N–H and O–H groups in total. The minimum atomic E-state index is -0.691. The number of carbonyl (C=O) groups excluding carboxylic acids is 2. The predicted octanol–water partition coefficient (Wildman–Crippen LogP) is 3.18. The summed E-state index contributed by atoms with van der Waals surface area (Å²) in [7, 11) is 0. The van der Waals surface area contributed by atoms with Crippen LogP contribution in [0, 0.1) is 10.1 Å². The highest BCUT2D eigenvalue weighted by atomic mass is 16.6. The minimum absolute atomic E-state index is 0.101. The second kappa shape index (κ2) is 7.12. The molecule has 2 aromatic rings. The van der Waals surface area contributed by atoms with Gasteiger partial charge in [0.25, 0.3) is 17.5 Å². The Hall–Kier alpha value is -3.22. The Morgan fingerprint density at radius 2 is 1.60 bits per heavy atom. The lowest BCUT2D eigenvalue weighted by Gasteiger charge is -2.35. The lowest BCUT2D eigenvalue weighted by Crippen LogP contribution is -2.55. The molecule has 130 valence electrons. The fraction of sp³-hybridized carbons (Fsp3) is 0.222. The Labute approximate surface area is 145 Å². The number of nitrogens with zero attached hydrogens (tertiary/aromatic N) is 2. The van der Waals surface area contributed by atoms with E-state index in [0.29, 0.717) is 5.56 Å². The first-order chi connectivity index (χ1) is 11.7. The summed E-state index contributed by atoms with van der Waals surface area (Å²) >= 11 is 0. The van der Waals surface area contributed by atoms with E-state index in [1.165, 1.54) is 29.3 Å². The molecule has 2 aromatic carbocycles. The van der Waals surface area contributed by atoms with Crippen molar-refractivity contribution in [3.05, 3.63) is 75.8 Å². The normalized spacial score (nSPS) is 10.8. The Bertz CT molecular complexity index is 797. The highest BCUT2D eigenvalue weighted by Crippen LogP contribution is 2.17. The molecular formula is C18H19N3O4. The molecular weight excluding hydrogens is 322 g/mol. The zero-order chi connectivity index (χ0) is 18.6. The van der Waals surface area contributed by atoms with Crippen molar-refractivity contribution in [1.82, 2.24) is 10.4 Å². The van der Waals surface area contributed by atoms with E-state index in [9.17, 15) is 19.7 Å². The van der Waals surface area contributed by atoms with E-state index in [1.54, 1.807) is 51.1 Å². The standard InChI is InChI=1S/C18H19N3O4/c1-18(2,3)20(17(23)13-8-5-4-6-9-13)19-16(22)14-10-7-11-15(12-14)21(24)25/h4-12H,1-3H3,(H,19,22). The third kappa shape index (κ3) is 4.41. The number of hydrogen-bond donors (Lipinski definition) is 1. The first-order valence-corrected chi connectivity index (χ1v) is 7.65. The highest BCUT2D eigenvalue weighted by Gasteiger charge is 2.29. The molecule has 25 heavy (non-hydrogen) atoms. The van der Waals surface area contributed by atoms with E-state index in [-0.39, 0.29) is 17.2 Å². The van der Waals surface area contributed by atoms with Gasteiger partial charge in [0.05, 0.1) is 10.5 Å². The van der Waals surface area contributed by atoms with Crippen LogP contribution in [0.3, 0.4) is 0 Å².